The fourth-order valence-electron chi connectivity index (χ4n) is 2.66. The van der Waals surface area contributed by atoms with Gasteiger partial charge in [-0.1, -0.05) is 22.0 Å². The molecule has 16 heteroatoms. The Morgan fingerprint density at radius 1 is 0.972 bits per heavy atom. The third-order valence-corrected chi connectivity index (χ3v) is 4.66. The number of benzene rings is 1. The average molecular weight is 588 g/mol. The van der Waals surface area contributed by atoms with Crippen molar-refractivity contribution in [2.24, 2.45) is 16.5 Å². The number of alkyl halides is 6. The van der Waals surface area contributed by atoms with Crippen molar-refractivity contribution in [1.29, 1.82) is 0 Å². The summed E-state index contributed by atoms with van der Waals surface area (Å²) in [6, 6.07) is 8.34. The summed E-state index contributed by atoms with van der Waals surface area (Å²) in [5.74, 6) is -5.36. The number of aliphatic carboxylic acids is 2. The van der Waals surface area contributed by atoms with E-state index in [-0.39, 0.29) is 5.96 Å². The van der Waals surface area contributed by atoms with Gasteiger partial charge in [-0.15, -0.1) is 0 Å². The summed E-state index contributed by atoms with van der Waals surface area (Å²) in [5.41, 5.74) is 14.0. The predicted molar refractivity (Wildman–Crippen MR) is 122 cm³/mol. The van der Waals surface area contributed by atoms with Crippen molar-refractivity contribution >= 4 is 55.6 Å². The standard InChI is InChI=1S/C16H18BrN5.2C2HF3O2/c17-10-4-5-11-12-6-8-20-13(15(12)22-14(11)9-10)3-1-2-7-21-16(18)19;2*3-2(4,5)1(6)7/h4-6,8-9,22H,1-3,7H2,(H4,18,19,21);2*(H,6,7). The number of carbonyl (C=O) groups is 2. The Hall–Kier alpha value is -3.56. The zero-order valence-electron chi connectivity index (χ0n) is 18.1. The van der Waals surface area contributed by atoms with Gasteiger partial charge in [-0.25, -0.2) is 9.59 Å². The summed E-state index contributed by atoms with van der Waals surface area (Å²) in [6.45, 7) is 0.665. The maximum atomic E-state index is 10.6. The van der Waals surface area contributed by atoms with Gasteiger partial charge in [-0.2, -0.15) is 26.3 Å². The largest absolute Gasteiger partial charge is 0.490 e. The zero-order chi connectivity index (χ0) is 27.7. The first-order valence-corrected chi connectivity index (χ1v) is 10.5. The Kier molecular flexibility index (Phi) is 11.0. The number of carboxylic acid groups (broad SMARTS) is 2. The van der Waals surface area contributed by atoms with Gasteiger partial charge in [0.1, 0.15) is 0 Å². The topological polar surface area (TPSA) is 168 Å². The lowest BCUT2D eigenvalue weighted by Crippen LogP contribution is -2.22. The molecule has 0 unspecified atom stereocenters. The summed E-state index contributed by atoms with van der Waals surface area (Å²) in [6.07, 6.45) is -5.43. The van der Waals surface area contributed by atoms with E-state index < -0.39 is 24.3 Å². The first kappa shape index (κ1) is 30.5. The second-order valence-electron chi connectivity index (χ2n) is 6.86. The van der Waals surface area contributed by atoms with Crippen LogP contribution in [0, 0.1) is 0 Å². The summed E-state index contributed by atoms with van der Waals surface area (Å²) >= 11 is 3.51. The number of aromatic amines is 1. The molecule has 0 amide bonds. The van der Waals surface area contributed by atoms with Crippen molar-refractivity contribution in [3.8, 4) is 0 Å². The average Bonchev–Trinajstić information content (AvgIpc) is 3.11. The fraction of sp³-hybridized carbons (Fsp3) is 0.300. The third kappa shape index (κ3) is 9.97. The number of nitrogens with two attached hydrogens (primary N) is 2. The highest BCUT2D eigenvalue weighted by atomic mass is 79.9. The van der Waals surface area contributed by atoms with E-state index in [1.807, 2.05) is 6.20 Å². The SMILES string of the molecule is NC(N)=NCCCCc1nccc2c1[nH]c1cc(Br)ccc12.O=C(O)C(F)(F)F.O=C(O)C(F)(F)F. The van der Waals surface area contributed by atoms with Gasteiger partial charge in [0.05, 0.1) is 11.2 Å². The zero-order valence-corrected chi connectivity index (χ0v) is 19.7. The number of aryl methyl sites for hydroxylation is 1. The van der Waals surface area contributed by atoms with Gasteiger partial charge >= 0.3 is 24.3 Å². The molecule has 36 heavy (non-hydrogen) atoms. The molecule has 0 fully saturated rings. The molecule has 3 aromatic rings. The molecule has 3 rings (SSSR count). The smallest absolute Gasteiger partial charge is 0.475 e. The van der Waals surface area contributed by atoms with Crippen molar-refractivity contribution < 1.29 is 46.1 Å². The van der Waals surface area contributed by atoms with E-state index in [9.17, 15) is 26.3 Å². The Balaban J connectivity index is 0.000000383. The van der Waals surface area contributed by atoms with Crippen LogP contribution in [0.5, 0.6) is 0 Å². The molecule has 2 aromatic heterocycles. The Labute approximate surface area is 207 Å². The molecule has 0 spiro atoms. The monoisotopic (exact) mass is 587 g/mol. The van der Waals surface area contributed by atoms with E-state index in [4.69, 9.17) is 31.3 Å². The van der Waals surface area contributed by atoms with Crippen LogP contribution in [0.3, 0.4) is 0 Å². The molecule has 1 aromatic carbocycles. The minimum absolute atomic E-state index is 0.154. The first-order chi connectivity index (χ1) is 16.5. The van der Waals surface area contributed by atoms with E-state index >= 15 is 0 Å². The predicted octanol–water partition coefficient (Wildman–Crippen LogP) is 4.34. The summed E-state index contributed by atoms with van der Waals surface area (Å²) in [7, 11) is 0. The molecule has 0 atom stereocenters. The fourth-order valence-corrected chi connectivity index (χ4v) is 3.02. The molecular formula is C20H20BrF6N5O4. The van der Waals surface area contributed by atoms with Crippen LogP contribution in [0.25, 0.3) is 21.8 Å². The number of hydrogen-bond donors (Lipinski definition) is 5. The number of rotatable bonds is 5. The second kappa shape index (κ2) is 12.9. The van der Waals surface area contributed by atoms with Crippen LogP contribution in [0.15, 0.2) is 39.9 Å². The molecule has 0 saturated heterocycles. The summed E-state index contributed by atoms with van der Waals surface area (Å²) in [5, 5.41) is 16.7. The van der Waals surface area contributed by atoms with Gasteiger partial charge in [0.25, 0.3) is 0 Å². The molecule has 0 radical (unpaired) electrons. The van der Waals surface area contributed by atoms with E-state index in [2.05, 4.69) is 55.2 Å². The molecule has 9 nitrogen and oxygen atoms in total. The highest BCUT2D eigenvalue weighted by Gasteiger charge is 2.38. The normalized spacial score (nSPS) is 11.2. The second-order valence-corrected chi connectivity index (χ2v) is 7.78. The number of H-pyrrole nitrogens is 1. The number of carboxylic acids is 2. The first-order valence-electron chi connectivity index (χ1n) is 9.74. The molecule has 0 aliphatic rings. The number of unbranched alkanes of at least 4 members (excludes halogenated alkanes) is 1. The number of guanidine groups is 1. The molecule has 0 saturated carbocycles. The van der Waals surface area contributed by atoms with E-state index in [1.54, 1.807) is 0 Å². The maximum Gasteiger partial charge on any atom is 0.490 e. The van der Waals surface area contributed by atoms with Crippen LogP contribution >= 0.6 is 15.9 Å². The number of hydrogen-bond acceptors (Lipinski definition) is 4. The molecule has 0 aliphatic carbocycles. The van der Waals surface area contributed by atoms with Crippen LogP contribution < -0.4 is 11.5 Å². The minimum atomic E-state index is -5.08. The number of nitrogens with zero attached hydrogens (tertiary/aromatic N) is 2. The van der Waals surface area contributed by atoms with Crippen molar-refractivity contribution in [1.82, 2.24) is 9.97 Å². The van der Waals surface area contributed by atoms with Gasteiger partial charge in [0.15, 0.2) is 5.96 Å². The molecular weight excluding hydrogens is 568 g/mol. The van der Waals surface area contributed by atoms with Crippen LogP contribution in [-0.2, 0) is 16.0 Å². The highest BCUT2D eigenvalue weighted by Crippen LogP contribution is 2.29. The quantitative estimate of drug-likeness (QED) is 0.128. The maximum absolute atomic E-state index is 10.6. The van der Waals surface area contributed by atoms with Gasteiger partial charge in [0.2, 0.25) is 0 Å². The van der Waals surface area contributed by atoms with Crippen LogP contribution in [0.2, 0.25) is 0 Å². The highest BCUT2D eigenvalue weighted by molar-refractivity contribution is 9.10. The van der Waals surface area contributed by atoms with E-state index in [1.165, 1.54) is 10.8 Å². The number of pyridine rings is 1. The number of halogens is 7. The number of nitrogens with one attached hydrogen (secondary N) is 1. The number of aromatic nitrogens is 2. The molecule has 7 N–H and O–H groups in total. The lowest BCUT2D eigenvalue weighted by Gasteiger charge is -2.02. The van der Waals surface area contributed by atoms with Gasteiger partial charge in [-0.05, 0) is 37.5 Å². The van der Waals surface area contributed by atoms with E-state index in [0.717, 1.165) is 40.5 Å². The van der Waals surface area contributed by atoms with Crippen LogP contribution in [-0.4, -0.2) is 57.0 Å². The molecule has 0 aliphatic heterocycles. The van der Waals surface area contributed by atoms with Crippen LogP contribution in [0.1, 0.15) is 18.5 Å². The number of fused-ring (bicyclic) bond motifs is 3. The molecule has 0 bridgehead atoms. The van der Waals surface area contributed by atoms with Crippen molar-refractivity contribution in [3.63, 3.8) is 0 Å². The van der Waals surface area contributed by atoms with Gasteiger partial charge < -0.3 is 26.7 Å². The minimum Gasteiger partial charge on any atom is -0.475 e. The summed E-state index contributed by atoms with van der Waals surface area (Å²) < 4.78 is 64.5. The van der Waals surface area contributed by atoms with Gasteiger partial charge in [-0.3, -0.25) is 9.98 Å². The van der Waals surface area contributed by atoms with Crippen molar-refractivity contribution in [3.05, 3.63) is 40.6 Å². The lowest BCUT2D eigenvalue weighted by atomic mass is 10.1. The molecule has 198 valence electrons. The molecule has 2 heterocycles. The number of aliphatic imine (C=N–C) groups is 1. The van der Waals surface area contributed by atoms with Gasteiger partial charge in [0, 0.05) is 33.5 Å². The Morgan fingerprint density at radius 3 is 2.03 bits per heavy atom. The van der Waals surface area contributed by atoms with Crippen LogP contribution in [0.4, 0.5) is 26.3 Å². The van der Waals surface area contributed by atoms with Crippen molar-refractivity contribution in [2.75, 3.05) is 6.54 Å². The Bertz CT molecular complexity index is 1200. The van der Waals surface area contributed by atoms with Crippen molar-refractivity contribution in [2.45, 2.75) is 31.6 Å². The summed E-state index contributed by atoms with van der Waals surface area (Å²) in [4.78, 5) is 29.8. The lowest BCUT2D eigenvalue weighted by molar-refractivity contribution is -0.193. The Morgan fingerprint density at radius 2 is 1.53 bits per heavy atom. The van der Waals surface area contributed by atoms with E-state index in [0.29, 0.717) is 6.54 Å². The third-order valence-electron chi connectivity index (χ3n) is 4.16.